The number of aliphatic hydroxyl groups is 2. The quantitative estimate of drug-likeness (QED) is 0.0132. The third kappa shape index (κ3) is 29.9. The molecular formula is C90H124N24O22S. The highest BCUT2D eigenvalue weighted by Gasteiger charge is 2.47. The third-order valence-corrected chi connectivity index (χ3v) is 25.3. The van der Waals surface area contributed by atoms with Crippen LogP contribution in [0.2, 0.25) is 0 Å². The minimum absolute atomic E-state index is 0.0208. The van der Waals surface area contributed by atoms with E-state index in [-0.39, 0.29) is 82.3 Å². The summed E-state index contributed by atoms with van der Waals surface area (Å²) in [6, 6.07) is -3.63. The summed E-state index contributed by atoms with van der Waals surface area (Å²) >= 11 is 0.744. The molecule has 6 aromatic rings. The second-order valence-corrected chi connectivity index (χ2v) is 35.3. The number of guanidine groups is 1. The molecule has 137 heavy (non-hydrogen) atoms. The number of carbonyl (C=O) groups is 18. The van der Waals surface area contributed by atoms with Gasteiger partial charge in [-0.25, -0.2) is 4.98 Å². The van der Waals surface area contributed by atoms with Crippen molar-refractivity contribution in [3.8, 4) is 5.75 Å². The minimum atomic E-state index is -1.94. The first-order valence-electron chi connectivity index (χ1n) is 45.3. The Labute approximate surface area is 792 Å². The highest BCUT2D eigenvalue weighted by molar-refractivity contribution is 8.00. The molecule has 0 aliphatic carbocycles. The number of thioether (sulfide) groups is 1. The van der Waals surface area contributed by atoms with Gasteiger partial charge in [0.25, 0.3) is 0 Å². The second-order valence-electron chi connectivity index (χ2n) is 34.3. The smallest absolute Gasteiger partial charge is 0.303 e. The van der Waals surface area contributed by atoms with Gasteiger partial charge < -0.3 is 136 Å². The van der Waals surface area contributed by atoms with Crippen LogP contribution in [-0.4, -0.2) is 333 Å². The van der Waals surface area contributed by atoms with Crippen LogP contribution in [0.1, 0.15) is 133 Å². The molecule has 3 aliphatic heterocycles. The lowest BCUT2D eigenvalue weighted by molar-refractivity contribution is -0.149. The number of H-pyrrole nitrogens is 3. The van der Waals surface area contributed by atoms with Crippen LogP contribution in [0.15, 0.2) is 97.7 Å². The molecule has 25 N–H and O–H groups in total. The Morgan fingerprint density at radius 1 is 0.540 bits per heavy atom. The molecule has 3 aliphatic rings. The van der Waals surface area contributed by atoms with Gasteiger partial charge in [-0.3, -0.25) is 91.7 Å². The van der Waals surface area contributed by atoms with E-state index in [1.165, 1.54) is 64.9 Å². The third-order valence-electron chi connectivity index (χ3n) is 24.3. The van der Waals surface area contributed by atoms with Crippen LogP contribution in [-0.2, 0) is 112 Å². The Bertz CT molecular complexity index is 5330. The Morgan fingerprint density at radius 2 is 1.08 bits per heavy atom. The van der Waals surface area contributed by atoms with Crippen molar-refractivity contribution < 1.29 is 107 Å². The number of hydrogen-bond acceptors (Lipinski definition) is 24. The molecule has 742 valence electrons. The van der Waals surface area contributed by atoms with E-state index in [0.717, 1.165) is 36.3 Å². The van der Waals surface area contributed by atoms with Gasteiger partial charge in [-0.15, -0.1) is 11.8 Å². The molecule has 47 heteroatoms. The lowest BCUT2D eigenvalue weighted by Gasteiger charge is -2.36. The zero-order valence-corrected chi connectivity index (χ0v) is 77.9. The highest BCUT2D eigenvalue weighted by atomic mass is 32.2. The molecule has 0 spiro atoms. The number of carboxylic acids is 1. The Hall–Kier alpha value is -14.3. The normalized spacial score (nSPS) is 24.5. The van der Waals surface area contributed by atoms with Crippen molar-refractivity contribution in [3.05, 3.63) is 120 Å². The molecule has 0 radical (unpaired) electrons. The number of hydrogen-bond donors (Lipinski definition) is 22. The van der Waals surface area contributed by atoms with Crippen LogP contribution in [0.4, 0.5) is 0 Å². The predicted octanol–water partition coefficient (Wildman–Crippen LogP) is -4.11. The largest absolute Gasteiger partial charge is 0.508 e. The number of aromatic hydroxyl groups is 1. The first-order valence-corrected chi connectivity index (χ1v) is 46.4. The maximum Gasteiger partial charge on any atom is 0.303 e. The number of imidazole rings is 1. The number of fused-ring (bicyclic) bond motifs is 4. The van der Waals surface area contributed by atoms with E-state index >= 15 is 38.4 Å². The first-order chi connectivity index (χ1) is 65.3. The fraction of sp³-hybridized carbons (Fsp3) is 0.511. The number of para-hydroxylation sites is 2. The SMILES string of the molecule is CCCCC1C(=O)N(C)C(CCCC)C(=O)NC(CCCNC(=N)N)C(=O)NC(C(=O)NCC(N)=O)CSCC(=O)NC(Cc2ccc(O)cc2)C(=O)N(C)C(C)C(=O)NC(CC(N)=O)C(=O)N2CCCC2C(=O)NC(Cc2cnc[nH]2)C(=O)NC(CCC(=O)O)C(=O)N2CC(O)CC2C(=O)NC(Cc2c[nH]c3ccccc23)C(=O)NC(CO)C(=O)NC(Cc2c[nH]c3ccccc23)C(=O)N1C. The van der Waals surface area contributed by atoms with Crippen LogP contribution in [0.3, 0.4) is 0 Å². The molecule has 0 saturated carbocycles. The minimum Gasteiger partial charge on any atom is -0.508 e. The summed E-state index contributed by atoms with van der Waals surface area (Å²) in [5.74, 6) is -20.2. The van der Waals surface area contributed by atoms with Gasteiger partial charge in [0.2, 0.25) is 100 Å². The lowest BCUT2D eigenvalue weighted by Crippen LogP contribution is -2.62. The number of aromatic nitrogens is 4. The van der Waals surface area contributed by atoms with Crippen LogP contribution in [0.25, 0.3) is 21.8 Å². The van der Waals surface area contributed by atoms with Crippen molar-refractivity contribution in [1.82, 2.24) is 103 Å². The molecule has 3 aromatic heterocycles. The van der Waals surface area contributed by atoms with E-state index in [9.17, 15) is 68.4 Å². The molecule has 0 bridgehead atoms. The summed E-state index contributed by atoms with van der Waals surface area (Å²) in [5, 5.41) is 80.5. The van der Waals surface area contributed by atoms with Crippen LogP contribution in [0.5, 0.6) is 5.75 Å². The molecular weight excluding hydrogens is 1800 g/mol. The highest BCUT2D eigenvalue weighted by Crippen LogP contribution is 2.28. The Kier molecular flexibility index (Phi) is 39.5. The van der Waals surface area contributed by atoms with Gasteiger partial charge in [-0.1, -0.05) is 88.1 Å². The number of benzene rings is 3. The average Bonchev–Trinajstić information content (AvgIpc) is 1.69. The number of nitrogens with one attached hydrogen (secondary N) is 15. The monoisotopic (exact) mass is 1920 g/mol. The number of nitrogens with zero attached hydrogens (tertiary/aromatic N) is 6. The van der Waals surface area contributed by atoms with Crippen LogP contribution in [0, 0.1) is 5.41 Å². The van der Waals surface area contributed by atoms with E-state index in [0.29, 0.717) is 64.2 Å². The maximum absolute atomic E-state index is 15.8. The van der Waals surface area contributed by atoms with E-state index < -0.39 is 266 Å². The Balaban J connectivity index is 1.11. The van der Waals surface area contributed by atoms with Gasteiger partial charge in [0.05, 0.1) is 37.8 Å². The number of carboxylic acid groups (broad SMARTS) is 1. The number of amides is 17. The number of aliphatic hydroxyl groups excluding tert-OH is 2. The number of unbranched alkanes of at least 4 members (excludes halogenated alkanes) is 2. The molecule has 3 saturated heterocycles. The molecule has 3 fully saturated rings. The number of phenols is 1. The Morgan fingerprint density at radius 3 is 1.68 bits per heavy atom. The standard InChI is InChI=1S/C90H124N24O22S/c1-7-9-22-68-82(129)102-59(21-15-31-96-90(93)94)78(125)109-67(77(124)99-42-73(92)119)45-137-46-74(120)101-63(33-49-25-27-53(116)28-26-49)85(132)110(4)48(3)76(123)106-65(38-72(91)118)88(135)113-32-16-24-69(113)83(130)105-62(36-52-41-95-47-100-52)80(127)103-60(29-30-75(121)122)87(134)114-43-54(117)37-71(114)84(131)104-61(34-50-39-97-57-19-13-11-17-55(50)57)79(126)108-66(44-115)81(128)107-64(35-51-40-98-58-20-14-12-18-56(51)58)86(133)112(6)70(23-10-8-2)89(136)111(68)5/h11-14,17-20,25-28,39-41,47-48,54,59-71,97-98,115-117H,7-10,15-16,21-24,29-38,42-46H2,1-6H3,(H2,91,118)(H2,92,119)(H,95,100)(H,99,124)(H,101,120)(H,102,129)(H,103,127)(H,104,131)(H,105,130)(H,106,123)(H,107,128)(H,108,126)(H,109,125)(H,121,122)(H4,93,94,96). The number of aromatic amines is 3. The van der Waals surface area contributed by atoms with Crippen molar-refractivity contribution in [2.24, 2.45) is 17.2 Å². The molecule has 15 atom stereocenters. The van der Waals surface area contributed by atoms with Gasteiger partial charge in [-0.2, -0.15) is 0 Å². The van der Waals surface area contributed by atoms with Crippen molar-refractivity contribution in [1.29, 1.82) is 5.41 Å². The van der Waals surface area contributed by atoms with Gasteiger partial charge in [0, 0.05) is 131 Å². The zero-order chi connectivity index (χ0) is 100. The number of phenolic OH excluding ortho intramolecular Hbond substituents is 1. The summed E-state index contributed by atoms with van der Waals surface area (Å²) in [6.45, 7) is 2.19. The van der Waals surface area contributed by atoms with Crippen molar-refractivity contribution >= 4 is 146 Å². The van der Waals surface area contributed by atoms with E-state index in [1.807, 2.05) is 13.8 Å². The van der Waals surface area contributed by atoms with Crippen molar-refractivity contribution in [2.75, 3.05) is 65.4 Å². The average molecular weight is 1930 g/mol. The number of likely N-dealkylation sites (N-methyl/N-ethyl adjacent to an activating group) is 3. The molecule has 46 nitrogen and oxygen atoms in total. The fourth-order valence-corrected chi connectivity index (χ4v) is 17.5. The first kappa shape index (κ1) is 106. The van der Waals surface area contributed by atoms with E-state index in [4.69, 9.17) is 22.6 Å². The van der Waals surface area contributed by atoms with E-state index in [2.05, 4.69) is 78.4 Å². The fourth-order valence-electron chi connectivity index (χ4n) is 16.6. The van der Waals surface area contributed by atoms with Gasteiger partial charge in [0.15, 0.2) is 5.96 Å². The van der Waals surface area contributed by atoms with Gasteiger partial charge in [0.1, 0.15) is 90.3 Å². The van der Waals surface area contributed by atoms with Gasteiger partial charge >= 0.3 is 5.97 Å². The molecule has 3 aromatic carbocycles. The number of nitrogens with two attached hydrogens (primary N) is 3. The summed E-state index contributed by atoms with van der Waals surface area (Å²) in [5.41, 5.74) is 19.5. The second kappa shape index (κ2) is 50.9. The summed E-state index contributed by atoms with van der Waals surface area (Å²) in [4.78, 5) is 281. The number of primary amides is 2. The summed E-state index contributed by atoms with van der Waals surface area (Å²) < 4.78 is 0. The number of carbonyl (C=O) groups excluding carboxylic acids is 17. The van der Waals surface area contributed by atoms with Crippen molar-refractivity contribution in [3.63, 3.8) is 0 Å². The predicted molar refractivity (Wildman–Crippen MR) is 497 cm³/mol. The maximum atomic E-state index is 15.8. The topological polar surface area (TPSA) is 699 Å². The number of rotatable bonds is 27. The summed E-state index contributed by atoms with van der Waals surface area (Å²) in [7, 11) is 3.84. The van der Waals surface area contributed by atoms with E-state index in [1.54, 1.807) is 60.9 Å². The zero-order valence-electron chi connectivity index (χ0n) is 77.0. The lowest BCUT2D eigenvalue weighted by atomic mass is 10.00. The van der Waals surface area contributed by atoms with Crippen LogP contribution >= 0.6 is 11.8 Å². The number of aliphatic carboxylic acids is 1. The van der Waals surface area contributed by atoms with Gasteiger partial charge in [-0.05, 0) is 92.8 Å². The molecule has 9 rings (SSSR count). The molecule has 17 amide bonds. The van der Waals surface area contributed by atoms with Crippen molar-refractivity contribution in [2.45, 2.75) is 227 Å². The van der Waals surface area contributed by atoms with Crippen LogP contribution < -0.4 is 75.7 Å². The summed E-state index contributed by atoms with van der Waals surface area (Å²) in [6.07, 6.45) is 1.32. The molecule has 15 unspecified atom stereocenters. The molecule has 6 heterocycles.